The van der Waals surface area contributed by atoms with Crippen molar-refractivity contribution in [3.8, 4) is 22.8 Å². The van der Waals surface area contributed by atoms with Crippen molar-refractivity contribution < 1.29 is 14.3 Å². The van der Waals surface area contributed by atoms with E-state index in [1.54, 1.807) is 0 Å². The third-order valence-corrected chi connectivity index (χ3v) is 4.84. The molecule has 0 fully saturated rings. The van der Waals surface area contributed by atoms with Crippen molar-refractivity contribution >= 4 is 22.3 Å². The number of anilines is 1. The van der Waals surface area contributed by atoms with Crippen molar-refractivity contribution in [3.63, 3.8) is 0 Å². The van der Waals surface area contributed by atoms with Gasteiger partial charge in [0.1, 0.15) is 0 Å². The van der Waals surface area contributed by atoms with Crippen molar-refractivity contribution in [2.24, 2.45) is 0 Å². The van der Waals surface area contributed by atoms with E-state index < -0.39 is 0 Å². The third-order valence-electron chi connectivity index (χ3n) is 4.04. The Morgan fingerprint density at radius 3 is 2.73 bits per heavy atom. The highest BCUT2D eigenvalue weighted by Gasteiger charge is 2.13. The fraction of sp³-hybridized carbons (Fsp3) is 0.200. The lowest BCUT2D eigenvalue weighted by Gasteiger charge is -2.08. The highest BCUT2D eigenvalue weighted by Crippen LogP contribution is 2.35. The lowest BCUT2D eigenvalue weighted by atomic mass is 10.1. The zero-order valence-corrected chi connectivity index (χ0v) is 14.9. The van der Waals surface area contributed by atoms with Gasteiger partial charge in [0.2, 0.25) is 0 Å². The number of ether oxygens (including phenoxy) is 2. The summed E-state index contributed by atoms with van der Waals surface area (Å²) in [5.74, 6) is 1.56. The van der Waals surface area contributed by atoms with Gasteiger partial charge in [-0.15, -0.1) is 11.3 Å². The second-order valence-electron chi connectivity index (χ2n) is 5.89. The molecule has 1 aromatic heterocycles. The molecular formula is C20H18N2O3S. The van der Waals surface area contributed by atoms with Crippen LogP contribution in [0.2, 0.25) is 0 Å². The molecule has 132 valence electrons. The Hall–Kier alpha value is -2.86. The van der Waals surface area contributed by atoms with E-state index in [4.69, 9.17) is 9.47 Å². The van der Waals surface area contributed by atoms with Crippen LogP contribution in [0.4, 0.5) is 5.13 Å². The van der Waals surface area contributed by atoms with Crippen LogP contribution in [0.5, 0.6) is 11.5 Å². The Balaban J connectivity index is 1.45. The minimum atomic E-state index is 0.0397. The zero-order valence-electron chi connectivity index (χ0n) is 14.1. The van der Waals surface area contributed by atoms with Gasteiger partial charge in [-0.1, -0.05) is 30.3 Å². The summed E-state index contributed by atoms with van der Waals surface area (Å²) in [5, 5.41) is 5.79. The molecule has 0 saturated carbocycles. The number of aromatic nitrogens is 1. The highest BCUT2D eigenvalue weighted by atomic mass is 32.1. The van der Waals surface area contributed by atoms with E-state index in [1.807, 2.05) is 53.9 Å². The molecule has 0 radical (unpaired) electrons. The number of thiazole rings is 1. The number of carbonyl (C=O) groups excluding carboxylic acids is 1. The van der Waals surface area contributed by atoms with E-state index >= 15 is 0 Å². The van der Waals surface area contributed by atoms with Crippen LogP contribution in [0.1, 0.15) is 16.8 Å². The first-order valence-electron chi connectivity index (χ1n) is 8.47. The molecule has 0 atom stereocenters. The van der Waals surface area contributed by atoms with E-state index in [2.05, 4.69) is 10.3 Å². The van der Waals surface area contributed by atoms with Gasteiger partial charge in [0.05, 0.1) is 25.5 Å². The Kier molecular flexibility index (Phi) is 4.84. The molecule has 0 spiro atoms. The molecular weight excluding hydrogens is 348 g/mol. The summed E-state index contributed by atoms with van der Waals surface area (Å²) in [6, 6.07) is 15.1. The second kappa shape index (κ2) is 7.58. The number of nitrogens with one attached hydrogen (secondary N) is 1. The van der Waals surface area contributed by atoms with Gasteiger partial charge in [-0.2, -0.15) is 0 Å². The Labute approximate surface area is 155 Å². The van der Waals surface area contributed by atoms with Crippen LogP contribution in [0.15, 0.2) is 53.9 Å². The molecule has 2 heterocycles. The molecule has 0 unspecified atom stereocenters. The molecule has 0 bridgehead atoms. The van der Waals surface area contributed by atoms with Crippen LogP contribution in [-0.4, -0.2) is 30.5 Å². The number of Topliss-reactive ketones (excluding diaryl/α,β-unsaturated/α-hetero) is 1. The lowest BCUT2D eigenvalue weighted by molar-refractivity contribution is 0.101. The number of hydrogen-bond donors (Lipinski definition) is 1. The van der Waals surface area contributed by atoms with Crippen molar-refractivity contribution in [3.05, 3.63) is 59.5 Å². The second-order valence-corrected chi connectivity index (χ2v) is 6.75. The summed E-state index contributed by atoms with van der Waals surface area (Å²) >= 11 is 1.48. The summed E-state index contributed by atoms with van der Waals surface area (Å²) in [6.07, 6.45) is 0.879. The first kappa shape index (κ1) is 16.6. The van der Waals surface area contributed by atoms with Crippen LogP contribution in [-0.2, 0) is 0 Å². The van der Waals surface area contributed by atoms with E-state index in [1.165, 1.54) is 11.3 Å². The summed E-state index contributed by atoms with van der Waals surface area (Å²) in [5.41, 5.74) is 2.51. The molecule has 0 aliphatic carbocycles. The maximum absolute atomic E-state index is 12.2. The van der Waals surface area contributed by atoms with Gasteiger partial charge in [0.15, 0.2) is 22.4 Å². The Bertz CT molecular complexity index is 908. The molecule has 3 aromatic rings. The van der Waals surface area contributed by atoms with E-state index in [-0.39, 0.29) is 12.3 Å². The first-order chi connectivity index (χ1) is 12.8. The van der Waals surface area contributed by atoms with Crippen molar-refractivity contribution in [1.29, 1.82) is 0 Å². The Morgan fingerprint density at radius 1 is 1.08 bits per heavy atom. The van der Waals surface area contributed by atoms with E-state index in [0.717, 1.165) is 34.3 Å². The summed E-state index contributed by atoms with van der Waals surface area (Å²) in [4.78, 5) is 16.7. The molecule has 0 amide bonds. The summed E-state index contributed by atoms with van der Waals surface area (Å²) < 4.78 is 11.4. The van der Waals surface area contributed by atoms with Gasteiger partial charge >= 0.3 is 0 Å². The quantitative estimate of drug-likeness (QED) is 0.684. The van der Waals surface area contributed by atoms with Crippen LogP contribution >= 0.6 is 11.3 Å². The van der Waals surface area contributed by atoms with E-state index in [9.17, 15) is 4.79 Å². The number of rotatable bonds is 5. The molecule has 1 aliphatic heterocycles. The summed E-state index contributed by atoms with van der Waals surface area (Å²) in [7, 11) is 0. The average Bonchev–Trinajstić information content (AvgIpc) is 3.04. The zero-order chi connectivity index (χ0) is 17.8. The minimum absolute atomic E-state index is 0.0397. The molecule has 0 saturated heterocycles. The van der Waals surface area contributed by atoms with Crippen molar-refractivity contribution in [1.82, 2.24) is 4.98 Å². The number of nitrogens with zero attached hydrogens (tertiary/aromatic N) is 1. The standard InChI is InChI=1S/C20H18N2O3S/c23-17(14-5-2-1-3-6-14)12-21-20-22-16(13-26-20)15-7-8-18-19(11-15)25-10-4-9-24-18/h1-3,5-8,11,13H,4,9-10,12H2,(H,21,22). The van der Waals surface area contributed by atoms with Gasteiger partial charge in [-0.3, -0.25) is 4.79 Å². The molecule has 5 nitrogen and oxygen atoms in total. The molecule has 26 heavy (non-hydrogen) atoms. The molecule has 2 aromatic carbocycles. The predicted octanol–water partition coefficient (Wildman–Crippen LogP) is 4.27. The number of fused-ring (bicyclic) bond motifs is 1. The fourth-order valence-corrected chi connectivity index (χ4v) is 3.41. The predicted molar refractivity (Wildman–Crippen MR) is 102 cm³/mol. The maximum Gasteiger partial charge on any atom is 0.183 e. The third kappa shape index (κ3) is 3.70. The van der Waals surface area contributed by atoms with Gasteiger partial charge in [0.25, 0.3) is 0 Å². The average molecular weight is 366 g/mol. The van der Waals surface area contributed by atoms with Crippen molar-refractivity contribution in [2.45, 2.75) is 6.42 Å². The van der Waals surface area contributed by atoms with Crippen LogP contribution in [0, 0.1) is 0 Å². The van der Waals surface area contributed by atoms with Gasteiger partial charge in [-0.25, -0.2) is 4.98 Å². The Morgan fingerprint density at radius 2 is 1.88 bits per heavy atom. The molecule has 6 heteroatoms. The smallest absolute Gasteiger partial charge is 0.183 e. The van der Waals surface area contributed by atoms with Crippen LogP contribution in [0.3, 0.4) is 0 Å². The maximum atomic E-state index is 12.2. The van der Waals surface area contributed by atoms with Gasteiger partial charge in [-0.05, 0) is 18.2 Å². The SMILES string of the molecule is O=C(CNc1nc(-c2ccc3c(c2)OCCCO3)cs1)c1ccccc1. The number of hydrogen-bond acceptors (Lipinski definition) is 6. The largest absolute Gasteiger partial charge is 0.490 e. The molecule has 4 rings (SSSR count). The fourth-order valence-electron chi connectivity index (χ4n) is 2.69. The number of ketones is 1. The lowest BCUT2D eigenvalue weighted by Crippen LogP contribution is -2.13. The van der Waals surface area contributed by atoms with Crippen LogP contribution < -0.4 is 14.8 Å². The van der Waals surface area contributed by atoms with Crippen LogP contribution in [0.25, 0.3) is 11.3 Å². The van der Waals surface area contributed by atoms with Gasteiger partial charge in [0, 0.05) is 22.9 Å². The number of benzene rings is 2. The molecule has 1 N–H and O–H groups in total. The molecule has 1 aliphatic rings. The number of carbonyl (C=O) groups is 1. The summed E-state index contributed by atoms with van der Waals surface area (Å²) in [6.45, 7) is 1.55. The van der Waals surface area contributed by atoms with Gasteiger partial charge < -0.3 is 14.8 Å². The minimum Gasteiger partial charge on any atom is -0.490 e. The monoisotopic (exact) mass is 366 g/mol. The first-order valence-corrected chi connectivity index (χ1v) is 9.35. The van der Waals surface area contributed by atoms with Crippen molar-refractivity contribution in [2.75, 3.05) is 25.1 Å². The highest BCUT2D eigenvalue weighted by molar-refractivity contribution is 7.14. The normalized spacial score (nSPS) is 13.1. The topological polar surface area (TPSA) is 60.5 Å². The van der Waals surface area contributed by atoms with E-state index in [0.29, 0.717) is 18.8 Å².